The standard InChI is InChI=1S/C37H40FN5O4S/c1-6-42-11-9-22-13-25(8-7-23(22)18-42)39-34-36(46)41(5)19-30(40-34)27-14-24(38)15-31(29(27)20-47-21(2)44)43-12-10-26-28-16-37(3,4)17-32(28)48-33(26)35(43)45/h7-8,13-15,19H,6,9-12,16-18,20H2,1-5H3,(H,39,40). The topological polar surface area (TPSA) is 96.8 Å². The van der Waals surface area contributed by atoms with Crippen molar-refractivity contribution in [2.75, 3.05) is 29.9 Å². The van der Waals surface area contributed by atoms with Gasteiger partial charge in [0.05, 0.1) is 16.3 Å². The van der Waals surface area contributed by atoms with Gasteiger partial charge in [0, 0.05) is 61.5 Å². The van der Waals surface area contributed by atoms with Gasteiger partial charge in [0.25, 0.3) is 11.5 Å². The number of amides is 1. The van der Waals surface area contributed by atoms with Crippen LogP contribution in [0.2, 0.25) is 0 Å². The Morgan fingerprint density at radius 3 is 2.67 bits per heavy atom. The van der Waals surface area contributed by atoms with Crippen LogP contribution in [0.1, 0.15) is 70.1 Å². The molecule has 0 unspecified atom stereocenters. The average molecular weight is 670 g/mol. The summed E-state index contributed by atoms with van der Waals surface area (Å²) in [5.74, 6) is -1.17. The lowest BCUT2D eigenvalue weighted by Gasteiger charge is -2.30. The van der Waals surface area contributed by atoms with E-state index in [0.29, 0.717) is 40.4 Å². The number of nitrogens with zero attached hydrogens (tertiary/aromatic N) is 4. The minimum Gasteiger partial charge on any atom is -0.461 e. The van der Waals surface area contributed by atoms with E-state index in [4.69, 9.17) is 9.72 Å². The second-order valence-electron chi connectivity index (χ2n) is 13.9. The van der Waals surface area contributed by atoms with E-state index in [9.17, 15) is 14.4 Å². The van der Waals surface area contributed by atoms with Crippen molar-refractivity contribution in [3.8, 4) is 11.3 Å². The molecule has 1 aliphatic carbocycles. The third-order valence-corrected chi connectivity index (χ3v) is 11.0. The molecule has 0 saturated heterocycles. The zero-order valence-corrected chi connectivity index (χ0v) is 28.9. The van der Waals surface area contributed by atoms with Crippen molar-refractivity contribution in [3.05, 3.63) is 90.3 Å². The minimum absolute atomic E-state index is 0.0832. The predicted molar refractivity (Wildman–Crippen MR) is 186 cm³/mol. The first-order chi connectivity index (χ1) is 22.9. The number of halogens is 1. The first-order valence-corrected chi connectivity index (χ1v) is 17.3. The average Bonchev–Trinajstić information content (AvgIpc) is 3.54. The maximum Gasteiger partial charge on any atom is 0.302 e. The summed E-state index contributed by atoms with van der Waals surface area (Å²) in [5.41, 5.74) is 6.89. The molecular formula is C37H40FN5O4S. The van der Waals surface area contributed by atoms with Crippen LogP contribution in [0.3, 0.4) is 0 Å². The van der Waals surface area contributed by atoms with Gasteiger partial charge in [-0.3, -0.25) is 19.3 Å². The van der Waals surface area contributed by atoms with Crippen molar-refractivity contribution >= 4 is 40.4 Å². The lowest BCUT2D eigenvalue weighted by atomic mass is 9.89. The molecule has 0 saturated carbocycles. The highest BCUT2D eigenvalue weighted by Crippen LogP contribution is 2.46. The Labute approximate surface area is 283 Å². The van der Waals surface area contributed by atoms with E-state index < -0.39 is 11.8 Å². The predicted octanol–water partition coefficient (Wildman–Crippen LogP) is 6.16. The van der Waals surface area contributed by atoms with Crippen molar-refractivity contribution < 1.29 is 18.7 Å². The van der Waals surface area contributed by atoms with E-state index in [1.54, 1.807) is 23.3 Å². The molecule has 48 heavy (non-hydrogen) atoms. The van der Waals surface area contributed by atoms with Gasteiger partial charge >= 0.3 is 5.97 Å². The number of aromatic nitrogens is 2. The summed E-state index contributed by atoms with van der Waals surface area (Å²) in [4.78, 5) is 50.0. The van der Waals surface area contributed by atoms with Crippen molar-refractivity contribution in [2.24, 2.45) is 12.5 Å². The Balaban J connectivity index is 1.27. The van der Waals surface area contributed by atoms with Crippen LogP contribution in [0.15, 0.2) is 41.3 Å². The lowest BCUT2D eigenvalue weighted by molar-refractivity contribution is -0.142. The van der Waals surface area contributed by atoms with Crippen LogP contribution in [0, 0.1) is 11.2 Å². The Morgan fingerprint density at radius 2 is 1.90 bits per heavy atom. The SMILES string of the molecule is CCN1CCc2cc(Nc3nc(-c4cc(F)cc(N5CCc6c(sc7c6CC(C)(C)C7)C5=O)c4COC(C)=O)cn(C)c3=O)ccc2C1. The summed E-state index contributed by atoms with van der Waals surface area (Å²) in [6.07, 6.45) is 4.99. The van der Waals surface area contributed by atoms with Gasteiger partial charge in [0.15, 0.2) is 5.82 Å². The van der Waals surface area contributed by atoms with E-state index in [-0.39, 0.29) is 29.3 Å². The summed E-state index contributed by atoms with van der Waals surface area (Å²) < 4.78 is 22.4. The van der Waals surface area contributed by atoms with E-state index in [0.717, 1.165) is 50.1 Å². The zero-order valence-electron chi connectivity index (χ0n) is 28.0. The molecule has 0 radical (unpaired) electrons. The van der Waals surface area contributed by atoms with Gasteiger partial charge in [-0.15, -0.1) is 11.3 Å². The molecule has 3 aliphatic rings. The van der Waals surface area contributed by atoms with Crippen LogP contribution in [-0.2, 0) is 55.4 Å². The summed E-state index contributed by atoms with van der Waals surface area (Å²) in [6.45, 7) is 11.0. The maximum absolute atomic E-state index is 15.6. The highest BCUT2D eigenvalue weighted by Gasteiger charge is 2.39. The summed E-state index contributed by atoms with van der Waals surface area (Å²) in [5, 5.41) is 3.20. The van der Waals surface area contributed by atoms with Gasteiger partial charge in [-0.05, 0) is 84.2 Å². The molecule has 11 heteroatoms. The van der Waals surface area contributed by atoms with Crippen LogP contribution in [0.25, 0.3) is 11.3 Å². The van der Waals surface area contributed by atoms with E-state index in [1.807, 2.05) is 6.07 Å². The minimum atomic E-state index is -0.568. The Bertz CT molecular complexity index is 2030. The molecule has 0 fully saturated rings. The number of fused-ring (bicyclic) bond motifs is 4. The number of hydrogen-bond donors (Lipinski definition) is 1. The molecule has 2 aliphatic heterocycles. The number of esters is 1. The molecule has 1 N–H and O–H groups in total. The van der Waals surface area contributed by atoms with Gasteiger partial charge in [-0.2, -0.15) is 0 Å². The number of anilines is 3. The number of benzene rings is 2. The lowest BCUT2D eigenvalue weighted by Crippen LogP contribution is -2.38. The first-order valence-electron chi connectivity index (χ1n) is 16.5. The molecule has 4 heterocycles. The molecule has 0 spiro atoms. The van der Waals surface area contributed by atoms with Crippen LogP contribution < -0.4 is 15.8 Å². The smallest absolute Gasteiger partial charge is 0.302 e. The fraction of sp³-hybridized carbons (Fsp3) is 0.405. The van der Waals surface area contributed by atoms with Gasteiger partial charge in [-0.1, -0.05) is 26.8 Å². The molecule has 1 amide bonds. The van der Waals surface area contributed by atoms with E-state index >= 15 is 4.39 Å². The van der Waals surface area contributed by atoms with Gasteiger partial charge in [0.2, 0.25) is 0 Å². The Hall–Kier alpha value is -4.35. The zero-order chi connectivity index (χ0) is 33.9. The highest BCUT2D eigenvalue weighted by atomic mass is 32.1. The van der Waals surface area contributed by atoms with Crippen LogP contribution in [-0.4, -0.2) is 46.0 Å². The highest BCUT2D eigenvalue weighted by molar-refractivity contribution is 7.14. The second kappa shape index (κ2) is 12.3. The largest absolute Gasteiger partial charge is 0.461 e. The number of rotatable bonds is 7. The number of carbonyl (C=O) groups excluding carboxylic acids is 2. The molecule has 9 nitrogen and oxygen atoms in total. The molecule has 0 atom stereocenters. The molecule has 2 aromatic carbocycles. The normalized spacial score (nSPS) is 16.8. The molecular weight excluding hydrogens is 630 g/mol. The maximum atomic E-state index is 15.6. The summed E-state index contributed by atoms with van der Waals surface area (Å²) >= 11 is 1.55. The van der Waals surface area contributed by atoms with E-state index in [2.05, 4.69) is 43.1 Å². The van der Waals surface area contributed by atoms with Gasteiger partial charge in [-0.25, -0.2) is 9.37 Å². The number of thiophene rings is 1. The number of likely N-dealkylation sites (N-methyl/N-ethyl adjacent to an activating group) is 1. The third kappa shape index (κ3) is 5.94. The first kappa shape index (κ1) is 32.2. The van der Waals surface area contributed by atoms with Gasteiger partial charge in [0.1, 0.15) is 12.4 Å². The fourth-order valence-electron chi connectivity index (χ4n) is 7.32. The van der Waals surface area contributed by atoms with Gasteiger partial charge < -0.3 is 19.5 Å². The Kier molecular flexibility index (Phi) is 8.23. The van der Waals surface area contributed by atoms with Crippen molar-refractivity contribution in [1.82, 2.24) is 14.5 Å². The van der Waals surface area contributed by atoms with Crippen molar-refractivity contribution in [3.63, 3.8) is 0 Å². The number of hydrogen-bond acceptors (Lipinski definition) is 8. The number of carbonyl (C=O) groups is 2. The second-order valence-corrected chi connectivity index (χ2v) is 15.0. The summed E-state index contributed by atoms with van der Waals surface area (Å²) in [7, 11) is 1.61. The molecule has 2 aromatic heterocycles. The molecule has 250 valence electrons. The quantitative estimate of drug-likeness (QED) is 0.236. The number of ether oxygens (including phenoxy) is 1. The molecule has 0 bridgehead atoms. The number of aryl methyl sites for hydroxylation is 1. The third-order valence-electron chi connectivity index (χ3n) is 9.78. The fourth-order valence-corrected chi connectivity index (χ4v) is 8.89. The van der Waals surface area contributed by atoms with Crippen molar-refractivity contribution in [2.45, 2.75) is 66.5 Å². The molecule has 4 aromatic rings. The summed E-state index contributed by atoms with van der Waals surface area (Å²) in [6, 6.07) is 8.71. The van der Waals surface area contributed by atoms with E-state index in [1.165, 1.54) is 51.4 Å². The molecule has 7 rings (SSSR count). The number of nitrogens with one attached hydrogen (secondary N) is 1. The van der Waals surface area contributed by atoms with Crippen LogP contribution in [0.5, 0.6) is 0 Å². The van der Waals surface area contributed by atoms with Crippen LogP contribution in [0.4, 0.5) is 21.6 Å². The Morgan fingerprint density at radius 1 is 1.08 bits per heavy atom. The van der Waals surface area contributed by atoms with Crippen LogP contribution >= 0.6 is 11.3 Å². The van der Waals surface area contributed by atoms with Crippen molar-refractivity contribution in [1.29, 1.82) is 0 Å². The monoisotopic (exact) mass is 669 g/mol.